The number of hydrogen-bond donors (Lipinski definition) is 0. The van der Waals surface area contributed by atoms with E-state index >= 15 is 0 Å². The van der Waals surface area contributed by atoms with Gasteiger partial charge in [0.25, 0.3) is 0 Å². The van der Waals surface area contributed by atoms with Crippen molar-refractivity contribution in [1.29, 1.82) is 0 Å². The van der Waals surface area contributed by atoms with E-state index in [1.54, 1.807) is 0 Å². The topological polar surface area (TPSA) is 3.24 Å². The molecule has 0 aromatic carbocycles. The molecule has 1 aliphatic rings. The van der Waals surface area contributed by atoms with Crippen molar-refractivity contribution in [2.24, 2.45) is 0 Å². The summed E-state index contributed by atoms with van der Waals surface area (Å²) in [5.74, 6) is 0. The predicted octanol–water partition coefficient (Wildman–Crippen LogP) is 2.63. The Labute approximate surface area is 76.1 Å². The Morgan fingerprint density at radius 1 is 0.750 bits per heavy atom. The maximum atomic E-state index is 2.18. The number of nitrogens with zero attached hydrogens (tertiary/aromatic N) is 1. The molecule has 0 unspecified atom stereocenters. The number of hydrogen-bond acceptors (Lipinski definition) is 1. The molecule has 1 rings (SSSR count). The summed E-state index contributed by atoms with van der Waals surface area (Å²) in [7, 11) is 6.00. The third-order valence-electron chi connectivity index (χ3n) is 1.11. The molecule has 0 aromatic rings. The maximum absolute atomic E-state index is 2.18. The standard InChI is InChI=1S/C8H10.C3H9N/c1-2-4-6-8-7-5-3-1;1-4(2)3/h1-6H,7-8H2;1-3H3. The van der Waals surface area contributed by atoms with Crippen LogP contribution in [0.5, 0.6) is 0 Å². The second-order valence-corrected chi connectivity index (χ2v) is 3.16. The minimum Gasteiger partial charge on any atom is -0.312 e. The van der Waals surface area contributed by atoms with Crippen LogP contribution in [0.1, 0.15) is 12.8 Å². The molecular weight excluding hydrogens is 146 g/mol. The lowest BCUT2D eigenvalue weighted by molar-refractivity contribution is 0.505. The predicted molar refractivity (Wildman–Crippen MR) is 56.3 cm³/mol. The van der Waals surface area contributed by atoms with E-state index in [0.717, 1.165) is 0 Å². The van der Waals surface area contributed by atoms with Crippen LogP contribution < -0.4 is 0 Å². The van der Waals surface area contributed by atoms with Crippen molar-refractivity contribution < 1.29 is 0 Å². The van der Waals surface area contributed by atoms with Gasteiger partial charge >= 0.3 is 0 Å². The lowest BCUT2D eigenvalue weighted by atomic mass is 10.2. The fourth-order valence-electron chi connectivity index (χ4n) is 0.670. The lowest BCUT2D eigenvalue weighted by Crippen LogP contribution is -1.99. The van der Waals surface area contributed by atoms with Gasteiger partial charge in [0, 0.05) is 0 Å². The van der Waals surface area contributed by atoms with Crippen LogP contribution in [0, 0.1) is 0 Å². The first-order chi connectivity index (χ1) is 5.73. The largest absolute Gasteiger partial charge is 0.312 e. The highest BCUT2D eigenvalue weighted by molar-refractivity contribution is 5.13. The molecule has 0 N–H and O–H groups in total. The number of allylic oxidation sites excluding steroid dienone is 6. The maximum Gasteiger partial charge on any atom is -0.0140 e. The van der Waals surface area contributed by atoms with Crippen molar-refractivity contribution in [3.8, 4) is 0 Å². The van der Waals surface area contributed by atoms with Crippen LogP contribution in [0.15, 0.2) is 36.5 Å². The molecule has 0 aliphatic heterocycles. The van der Waals surface area contributed by atoms with Crippen molar-refractivity contribution >= 4 is 0 Å². The van der Waals surface area contributed by atoms with Crippen LogP contribution in [-0.2, 0) is 0 Å². The van der Waals surface area contributed by atoms with Gasteiger partial charge in [-0.2, -0.15) is 0 Å². The zero-order chi connectivity index (χ0) is 9.23. The molecule has 0 bridgehead atoms. The van der Waals surface area contributed by atoms with Crippen LogP contribution in [0.4, 0.5) is 0 Å². The van der Waals surface area contributed by atoms with Crippen LogP contribution in [0.25, 0.3) is 0 Å². The molecule has 0 fully saturated rings. The summed E-state index contributed by atoms with van der Waals surface area (Å²) in [6.45, 7) is 0. The van der Waals surface area contributed by atoms with E-state index in [1.165, 1.54) is 12.8 Å². The zero-order valence-electron chi connectivity index (χ0n) is 8.33. The molecular formula is C11H19N. The molecule has 0 radical (unpaired) electrons. The van der Waals surface area contributed by atoms with E-state index in [1.807, 2.05) is 26.0 Å². The average Bonchev–Trinajstić information content (AvgIpc) is 1.82. The Hall–Kier alpha value is -0.820. The molecule has 1 nitrogen and oxygen atoms in total. The molecule has 0 saturated carbocycles. The Bertz CT molecular complexity index is 145. The van der Waals surface area contributed by atoms with E-state index in [2.05, 4.69) is 36.5 Å². The van der Waals surface area contributed by atoms with Crippen molar-refractivity contribution in [3.05, 3.63) is 36.5 Å². The van der Waals surface area contributed by atoms with Gasteiger partial charge in [0.05, 0.1) is 0 Å². The zero-order valence-corrected chi connectivity index (χ0v) is 8.33. The van der Waals surface area contributed by atoms with Gasteiger partial charge in [-0.05, 0) is 34.0 Å². The van der Waals surface area contributed by atoms with E-state index in [-0.39, 0.29) is 0 Å². The van der Waals surface area contributed by atoms with Crippen molar-refractivity contribution in [3.63, 3.8) is 0 Å². The van der Waals surface area contributed by atoms with Gasteiger partial charge in [0.15, 0.2) is 0 Å². The Balaban J connectivity index is 0.000000261. The highest BCUT2D eigenvalue weighted by Crippen LogP contribution is 1.96. The van der Waals surface area contributed by atoms with Gasteiger partial charge in [-0.15, -0.1) is 0 Å². The Morgan fingerprint density at radius 3 is 1.42 bits per heavy atom. The molecule has 0 atom stereocenters. The molecule has 0 saturated heterocycles. The summed E-state index contributed by atoms with van der Waals surface area (Å²) in [5, 5.41) is 0. The lowest BCUT2D eigenvalue weighted by Gasteiger charge is -1.90. The SMILES string of the molecule is C1=CC=CCCC=C1.CN(C)C. The highest BCUT2D eigenvalue weighted by atomic mass is 15.0. The second kappa shape index (κ2) is 8.28. The Kier molecular flexibility index (Phi) is 7.71. The third kappa shape index (κ3) is 11.9. The van der Waals surface area contributed by atoms with Crippen LogP contribution in [-0.4, -0.2) is 26.0 Å². The number of rotatable bonds is 0. The summed E-state index contributed by atoms with van der Waals surface area (Å²) in [6.07, 6.45) is 15.0. The van der Waals surface area contributed by atoms with E-state index in [0.29, 0.717) is 0 Å². The summed E-state index contributed by atoms with van der Waals surface area (Å²) in [4.78, 5) is 2.00. The van der Waals surface area contributed by atoms with Gasteiger partial charge in [-0.25, -0.2) is 0 Å². The second-order valence-electron chi connectivity index (χ2n) is 3.16. The van der Waals surface area contributed by atoms with E-state index in [9.17, 15) is 0 Å². The highest BCUT2D eigenvalue weighted by Gasteiger charge is 1.75. The molecule has 0 amide bonds. The summed E-state index contributed by atoms with van der Waals surface area (Å²) < 4.78 is 0. The summed E-state index contributed by atoms with van der Waals surface area (Å²) in [6, 6.07) is 0. The van der Waals surface area contributed by atoms with Crippen molar-refractivity contribution in [2.45, 2.75) is 12.8 Å². The molecule has 1 aliphatic carbocycles. The quantitative estimate of drug-likeness (QED) is 0.533. The van der Waals surface area contributed by atoms with Gasteiger partial charge in [-0.1, -0.05) is 36.5 Å². The van der Waals surface area contributed by atoms with Gasteiger partial charge in [0.2, 0.25) is 0 Å². The smallest absolute Gasteiger partial charge is 0.0140 e. The summed E-state index contributed by atoms with van der Waals surface area (Å²) in [5.41, 5.74) is 0. The van der Waals surface area contributed by atoms with Crippen LogP contribution >= 0.6 is 0 Å². The van der Waals surface area contributed by atoms with Crippen LogP contribution in [0.2, 0.25) is 0 Å². The fourth-order valence-corrected chi connectivity index (χ4v) is 0.670. The first-order valence-corrected chi connectivity index (χ1v) is 4.32. The normalized spacial score (nSPS) is 15.0. The molecule has 12 heavy (non-hydrogen) atoms. The Morgan fingerprint density at radius 2 is 1.08 bits per heavy atom. The average molecular weight is 165 g/mol. The first-order valence-electron chi connectivity index (χ1n) is 4.32. The molecule has 0 aromatic heterocycles. The minimum atomic E-state index is 1.18. The fraction of sp³-hybridized carbons (Fsp3) is 0.455. The summed E-state index contributed by atoms with van der Waals surface area (Å²) >= 11 is 0. The van der Waals surface area contributed by atoms with Gasteiger partial charge in [0.1, 0.15) is 0 Å². The third-order valence-corrected chi connectivity index (χ3v) is 1.11. The van der Waals surface area contributed by atoms with Gasteiger partial charge in [-0.3, -0.25) is 0 Å². The molecule has 68 valence electrons. The van der Waals surface area contributed by atoms with Crippen molar-refractivity contribution in [1.82, 2.24) is 4.90 Å². The first kappa shape index (κ1) is 11.2. The molecule has 0 spiro atoms. The minimum absolute atomic E-state index is 1.18. The monoisotopic (exact) mass is 165 g/mol. The van der Waals surface area contributed by atoms with Crippen LogP contribution in [0.3, 0.4) is 0 Å². The van der Waals surface area contributed by atoms with Gasteiger partial charge < -0.3 is 4.90 Å². The molecule has 0 heterocycles. The van der Waals surface area contributed by atoms with E-state index in [4.69, 9.17) is 0 Å². The van der Waals surface area contributed by atoms with E-state index < -0.39 is 0 Å². The van der Waals surface area contributed by atoms with Crippen molar-refractivity contribution in [2.75, 3.05) is 21.1 Å². The molecule has 1 heteroatoms.